The molecule has 0 bridgehead atoms. The molecule has 0 radical (unpaired) electrons. The number of aromatic nitrogens is 3. The van der Waals surface area contributed by atoms with E-state index in [0.29, 0.717) is 17.2 Å². The number of fused-ring (bicyclic) bond motifs is 1. The number of carbonyl (C=O) groups is 1. The van der Waals surface area contributed by atoms with Gasteiger partial charge in [-0.2, -0.15) is 5.10 Å². The number of benzene rings is 2. The fourth-order valence-electron chi connectivity index (χ4n) is 3.00. The fraction of sp³-hybridized carbons (Fsp3) is 0.143. The van der Waals surface area contributed by atoms with Crippen molar-refractivity contribution in [3.05, 3.63) is 75.1 Å². The minimum Gasteiger partial charge on any atom is -0.296 e. The van der Waals surface area contributed by atoms with Crippen LogP contribution in [0.4, 0.5) is 9.52 Å². The first kappa shape index (κ1) is 18.9. The Labute approximate surface area is 169 Å². The average Bonchev–Trinajstić information content (AvgIpc) is 3.17. The van der Waals surface area contributed by atoms with Crippen LogP contribution in [0.3, 0.4) is 0 Å². The Hall–Kier alpha value is -3.39. The van der Waals surface area contributed by atoms with Crippen molar-refractivity contribution in [2.75, 3.05) is 5.32 Å². The van der Waals surface area contributed by atoms with E-state index in [0.717, 1.165) is 22.9 Å². The minimum absolute atomic E-state index is 0.117. The standard InChI is InChI=1S/C21H17FN4O2S/c1-3-26-17-9-8-14(22)10-15(17)19(27)18(25-26)20(28)24-21-23-16(11-29-21)13-6-4-12(2)5-7-13/h4-11H,3H2,1-2H3,(H,23,24,28). The van der Waals surface area contributed by atoms with Gasteiger partial charge in [-0.25, -0.2) is 9.37 Å². The normalized spacial score (nSPS) is 11.0. The number of nitrogens with zero attached hydrogens (tertiary/aromatic N) is 3. The first-order valence-corrected chi connectivity index (χ1v) is 9.88. The van der Waals surface area contributed by atoms with E-state index >= 15 is 0 Å². The van der Waals surface area contributed by atoms with Crippen LogP contribution < -0.4 is 10.7 Å². The molecule has 8 heteroatoms. The number of rotatable bonds is 4. The Morgan fingerprint density at radius 1 is 1.21 bits per heavy atom. The molecule has 0 unspecified atom stereocenters. The Morgan fingerprint density at radius 2 is 1.97 bits per heavy atom. The van der Waals surface area contributed by atoms with Crippen LogP contribution in [0.5, 0.6) is 0 Å². The molecule has 4 aromatic rings. The van der Waals surface area contributed by atoms with E-state index in [1.54, 1.807) is 0 Å². The zero-order valence-electron chi connectivity index (χ0n) is 15.8. The molecule has 0 saturated carbocycles. The predicted molar refractivity (Wildman–Crippen MR) is 112 cm³/mol. The Kier molecular flexibility index (Phi) is 4.94. The SMILES string of the molecule is CCn1nc(C(=O)Nc2nc(-c3ccc(C)cc3)cs2)c(=O)c2cc(F)ccc21. The highest BCUT2D eigenvalue weighted by Crippen LogP contribution is 2.25. The lowest BCUT2D eigenvalue weighted by Gasteiger charge is -2.09. The van der Waals surface area contributed by atoms with Gasteiger partial charge in [0.15, 0.2) is 10.8 Å². The summed E-state index contributed by atoms with van der Waals surface area (Å²) in [5, 5.41) is 9.10. The van der Waals surface area contributed by atoms with Gasteiger partial charge in [0.1, 0.15) is 5.82 Å². The summed E-state index contributed by atoms with van der Waals surface area (Å²) in [7, 11) is 0. The molecule has 0 fully saturated rings. The van der Waals surface area contributed by atoms with Crippen molar-refractivity contribution in [3.63, 3.8) is 0 Å². The molecule has 0 saturated heterocycles. The molecule has 0 aliphatic carbocycles. The second-order valence-electron chi connectivity index (χ2n) is 6.51. The van der Waals surface area contributed by atoms with Gasteiger partial charge in [0.05, 0.1) is 16.6 Å². The maximum Gasteiger partial charge on any atom is 0.281 e. The third-order valence-corrected chi connectivity index (χ3v) is 5.26. The summed E-state index contributed by atoms with van der Waals surface area (Å²) in [4.78, 5) is 29.8. The van der Waals surface area contributed by atoms with E-state index in [9.17, 15) is 14.0 Å². The van der Waals surface area contributed by atoms with Crippen LogP contribution in [0.1, 0.15) is 23.0 Å². The van der Waals surface area contributed by atoms with Crippen molar-refractivity contribution in [2.24, 2.45) is 0 Å². The quantitative estimate of drug-likeness (QED) is 0.548. The third-order valence-electron chi connectivity index (χ3n) is 4.50. The number of hydrogen-bond donors (Lipinski definition) is 1. The van der Waals surface area contributed by atoms with E-state index in [2.05, 4.69) is 15.4 Å². The maximum absolute atomic E-state index is 13.6. The second kappa shape index (κ2) is 7.56. The average molecular weight is 408 g/mol. The summed E-state index contributed by atoms with van der Waals surface area (Å²) < 4.78 is 15.1. The van der Waals surface area contributed by atoms with Crippen molar-refractivity contribution in [1.29, 1.82) is 0 Å². The van der Waals surface area contributed by atoms with Gasteiger partial charge in [0.25, 0.3) is 5.91 Å². The molecule has 2 aromatic carbocycles. The number of amides is 1. The van der Waals surface area contributed by atoms with Crippen molar-refractivity contribution < 1.29 is 9.18 Å². The Bertz CT molecular complexity index is 1280. The van der Waals surface area contributed by atoms with Gasteiger partial charge in [-0.3, -0.25) is 19.6 Å². The van der Waals surface area contributed by atoms with E-state index in [4.69, 9.17) is 0 Å². The van der Waals surface area contributed by atoms with Crippen molar-refractivity contribution >= 4 is 33.3 Å². The Balaban J connectivity index is 1.67. The number of nitrogens with one attached hydrogen (secondary N) is 1. The van der Waals surface area contributed by atoms with E-state index in [1.165, 1.54) is 28.2 Å². The molecule has 29 heavy (non-hydrogen) atoms. The lowest BCUT2D eigenvalue weighted by atomic mass is 10.1. The van der Waals surface area contributed by atoms with Gasteiger partial charge in [-0.05, 0) is 32.0 Å². The fourth-order valence-corrected chi connectivity index (χ4v) is 3.71. The van der Waals surface area contributed by atoms with Crippen LogP contribution >= 0.6 is 11.3 Å². The molecular formula is C21H17FN4O2S. The summed E-state index contributed by atoms with van der Waals surface area (Å²) in [6.45, 7) is 4.26. The van der Waals surface area contributed by atoms with E-state index in [-0.39, 0.29) is 11.1 Å². The van der Waals surface area contributed by atoms with Crippen LogP contribution in [0.15, 0.2) is 52.6 Å². The smallest absolute Gasteiger partial charge is 0.281 e. The highest BCUT2D eigenvalue weighted by Gasteiger charge is 2.19. The van der Waals surface area contributed by atoms with E-state index < -0.39 is 17.2 Å². The van der Waals surface area contributed by atoms with Crippen molar-refractivity contribution in [3.8, 4) is 11.3 Å². The zero-order valence-corrected chi connectivity index (χ0v) is 16.6. The topological polar surface area (TPSA) is 76.9 Å². The number of hydrogen-bond acceptors (Lipinski definition) is 5. The molecule has 0 aliphatic heterocycles. The number of anilines is 1. The lowest BCUT2D eigenvalue weighted by Crippen LogP contribution is -2.27. The molecule has 0 atom stereocenters. The molecule has 2 heterocycles. The summed E-state index contributed by atoms with van der Waals surface area (Å²) in [6, 6.07) is 11.7. The van der Waals surface area contributed by atoms with Crippen molar-refractivity contribution in [2.45, 2.75) is 20.4 Å². The molecule has 4 rings (SSSR count). The number of carbonyl (C=O) groups excluding carboxylic acids is 1. The summed E-state index contributed by atoms with van der Waals surface area (Å²) in [5.41, 5.74) is 2.37. The maximum atomic E-state index is 13.6. The zero-order chi connectivity index (χ0) is 20.5. The summed E-state index contributed by atoms with van der Waals surface area (Å²) in [6.07, 6.45) is 0. The van der Waals surface area contributed by atoms with Crippen molar-refractivity contribution in [1.82, 2.24) is 14.8 Å². The molecule has 1 N–H and O–H groups in total. The Morgan fingerprint density at radius 3 is 2.69 bits per heavy atom. The molecule has 0 spiro atoms. The lowest BCUT2D eigenvalue weighted by molar-refractivity contribution is 0.101. The first-order chi connectivity index (χ1) is 14.0. The first-order valence-electron chi connectivity index (χ1n) is 9.00. The highest BCUT2D eigenvalue weighted by atomic mass is 32.1. The second-order valence-corrected chi connectivity index (χ2v) is 7.37. The van der Waals surface area contributed by atoms with E-state index in [1.807, 2.05) is 43.5 Å². The van der Waals surface area contributed by atoms with Gasteiger partial charge >= 0.3 is 0 Å². The highest BCUT2D eigenvalue weighted by molar-refractivity contribution is 7.14. The van der Waals surface area contributed by atoms with Gasteiger partial charge in [-0.1, -0.05) is 29.8 Å². The van der Waals surface area contributed by atoms with Crippen LogP contribution in [0, 0.1) is 12.7 Å². The third kappa shape index (κ3) is 3.66. The summed E-state index contributed by atoms with van der Waals surface area (Å²) in [5.74, 6) is -1.22. The minimum atomic E-state index is -0.673. The molecule has 0 aliphatic rings. The van der Waals surface area contributed by atoms with Gasteiger partial charge in [0.2, 0.25) is 5.43 Å². The van der Waals surface area contributed by atoms with Crippen LogP contribution in [-0.4, -0.2) is 20.7 Å². The van der Waals surface area contributed by atoms with Crippen LogP contribution in [-0.2, 0) is 6.54 Å². The van der Waals surface area contributed by atoms with Gasteiger partial charge in [-0.15, -0.1) is 11.3 Å². The predicted octanol–water partition coefficient (Wildman–Crippen LogP) is 4.24. The van der Waals surface area contributed by atoms with Crippen LogP contribution in [0.25, 0.3) is 22.2 Å². The van der Waals surface area contributed by atoms with Gasteiger partial charge < -0.3 is 0 Å². The number of aryl methyl sites for hydroxylation is 2. The largest absolute Gasteiger partial charge is 0.296 e. The number of thiazole rings is 1. The monoisotopic (exact) mass is 408 g/mol. The molecular weight excluding hydrogens is 391 g/mol. The van der Waals surface area contributed by atoms with Crippen LogP contribution in [0.2, 0.25) is 0 Å². The number of halogens is 1. The molecule has 6 nitrogen and oxygen atoms in total. The van der Waals surface area contributed by atoms with Gasteiger partial charge in [0, 0.05) is 17.5 Å². The molecule has 1 amide bonds. The molecule has 2 aromatic heterocycles. The summed E-state index contributed by atoms with van der Waals surface area (Å²) >= 11 is 1.25. The molecule has 146 valence electrons.